The van der Waals surface area contributed by atoms with Crippen molar-refractivity contribution < 1.29 is 9.34 Å². The van der Waals surface area contributed by atoms with Gasteiger partial charge in [0.05, 0.1) is 17.2 Å². The van der Waals surface area contributed by atoms with Gasteiger partial charge in [0.1, 0.15) is 23.1 Å². The van der Waals surface area contributed by atoms with Gasteiger partial charge >= 0.3 is 5.82 Å². The van der Waals surface area contributed by atoms with Gasteiger partial charge in [-0.15, -0.1) is 11.3 Å². The van der Waals surface area contributed by atoms with Gasteiger partial charge < -0.3 is 19.8 Å². The Morgan fingerprint density at radius 3 is 2.59 bits per heavy atom. The van der Waals surface area contributed by atoms with Gasteiger partial charge in [0, 0.05) is 23.1 Å². The van der Waals surface area contributed by atoms with Crippen LogP contribution in [0.15, 0.2) is 71.7 Å². The number of thiophene rings is 1. The van der Waals surface area contributed by atoms with Gasteiger partial charge in [-0.05, 0) is 59.0 Å². The molecule has 0 bridgehead atoms. The molecule has 0 amide bonds. The quantitative estimate of drug-likeness (QED) is 0.161. The Labute approximate surface area is 199 Å². The highest BCUT2D eigenvalue weighted by Crippen LogP contribution is 2.31. The molecule has 0 radical (unpaired) electrons. The summed E-state index contributed by atoms with van der Waals surface area (Å²) in [6.07, 6.45) is 6.66. The molecule has 0 fully saturated rings. The Bertz CT molecular complexity index is 1430. The molecule has 0 spiro atoms. The number of aromatic nitrogens is 3. The number of nitro groups is 1. The molecule has 0 atom stereocenters. The van der Waals surface area contributed by atoms with Crippen LogP contribution in [0.5, 0.6) is 0 Å². The summed E-state index contributed by atoms with van der Waals surface area (Å²) in [5.74, 6) is 1.34. The minimum Gasteiger partial charge on any atom is -0.472 e. The van der Waals surface area contributed by atoms with Crippen molar-refractivity contribution in [2.45, 2.75) is 19.8 Å². The molecule has 170 valence electrons. The molecule has 0 aliphatic carbocycles. The van der Waals surface area contributed by atoms with Gasteiger partial charge in [-0.25, -0.2) is 9.97 Å². The minimum atomic E-state index is -0.495. The number of fused-ring (bicyclic) bond motifs is 1. The van der Waals surface area contributed by atoms with Crippen LogP contribution in [0.2, 0.25) is 0 Å². The van der Waals surface area contributed by atoms with E-state index >= 15 is 0 Å². The van der Waals surface area contributed by atoms with E-state index in [4.69, 9.17) is 14.4 Å². The summed E-state index contributed by atoms with van der Waals surface area (Å²) in [6, 6.07) is 15.3. The number of nitrogens with one attached hydrogen (secondary N) is 1. The van der Waals surface area contributed by atoms with E-state index in [1.54, 1.807) is 29.9 Å². The number of hydrogen-bond donors (Lipinski definition) is 1. The number of aryl methyl sites for hydroxylation is 2. The van der Waals surface area contributed by atoms with Crippen LogP contribution in [0.25, 0.3) is 32.7 Å². The third-order valence-corrected chi connectivity index (χ3v) is 6.40. The number of furan rings is 1. The van der Waals surface area contributed by atoms with Crippen molar-refractivity contribution in [2.75, 3.05) is 11.9 Å². The van der Waals surface area contributed by atoms with Gasteiger partial charge in [-0.3, -0.25) is 0 Å². The summed E-state index contributed by atoms with van der Waals surface area (Å²) in [5.41, 5.74) is 3.91. The molecule has 0 saturated carbocycles. The highest BCUT2D eigenvalue weighted by molar-refractivity contribution is 7.18. The molecule has 1 N–H and O–H groups in total. The molecule has 1 aromatic carbocycles. The maximum atomic E-state index is 10.8. The van der Waals surface area contributed by atoms with E-state index in [0.717, 1.165) is 52.1 Å². The molecular weight excluding hydrogens is 450 g/mol. The van der Waals surface area contributed by atoms with E-state index in [9.17, 15) is 10.1 Å². The predicted molar refractivity (Wildman–Crippen MR) is 133 cm³/mol. The molecule has 0 aliphatic rings. The first kappa shape index (κ1) is 21.7. The third-order valence-electron chi connectivity index (χ3n) is 5.45. The summed E-state index contributed by atoms with van der Waals surface area (Å²) in [6.45, 7) is 2.85. The average molecular weight is 472 g/mol. The molecule has 5 rings (SSSR count). The topological polar surface area (TPSA) is 107 Å². The number of nitrogens with zero attached hydrogens (tertiary/aromatic N) is 4. The van der Waals surface area contributed by atoms with E-state index in [0.29, 0.717) is 5.82 Å². The van der Waals surface area contributed by atoms with E-state index in [2.05, 4.69) is 35.4 Å². The first-order chi connectivity index (χ1) is 16.6. The van der Waals surface area contributed by atoms with E-state index in [-0.39, 0.29) is 5.82 Å². The molecule has 4 heterocycles. The van der Waals surface area contributed by atoms with Crippen LogP contribution in [0.1, 0.15) is 16.9 Å². The second-order valence-electron chi connectivity index (χ2n) is 7.87. The van der Waals surface area contributed by atoms with Crippen molar-refractivity contribution in [3.05, 3.63) is 87.8 Å². The van der Waals surface area contributed by atoms with Crippen molar-refractivity contribution in [1.29, 1.82) is 0 Å². The van der Waals surface area contributed by atoms with Crippen LogP contribution >= 0.6 is 11.3 Å². The largest absolute Gasteiger partial charge is 0.472 e. The zero-order valence-electron chi connectivity index (χ0n) is 18.4. The van der Waals surface area contributed by atoms with Gasteiger partial charge in [-0.1, -0.05) is 24.3 Å². The molecule has 5 aromatic rings. The fourth-order valence-corrected chi connectivity index (χ4v) is 4.60. The number of hydrogen-bond acceptors (Lipinski definition) is 8. The van der Waals surface area contributed by atoms with Crippen molar-refractivity contribution in [1.82, 2.24) is 15.0 Å². The number of benzene rings is 1. The Balaban J connectivity index is 1.22. The molecular formula is C25H21N5O3S. The van der Waals surface area contributed by atoms with Crippen LogP contribution in [0, 0.1) is 17.0 Å². The molecule has 8 nitrogen and oxygen atoms in total. The summed E-state index contributed by atoms with van der Waals surface area (Å²) >= 11 is 1.66. The number of pyridine rings is 1. The zero-order chi connectivity index (χ0) is 23.5. The molecule has 0 saturated heterocycles. The lowest BCUT2D eigenvalue weighted by molar-refractivity contribution is -0.389. The highest BCUT2D eigenvalue weighted by atomic mass is 32.1. The van der Waals surface area contributed by atoms with Crippen molar-refractivity contribution >= 4 is 33.2 Å². The second kappa shape index (κ2) is 9.40. The fourth-order valence-electron chi connectivity index (χ4n) is 3.73. The summed E-state index contributed by atoms with van der Waals surface area (Å²) in [7, 11) is 0. The van der Waals surface area contributed by atoms with Crippen molar-refractivity contribution in [3.8, 4) is 22.5 Å². The molecule has 0 aliphatic heterocycles. The minimum absolute atomic E-state index is 0.150. The second-order valence-corrected chi connectivity index (χ2v) is 9.11. The fraction of sp³-hybridized carbons (Fsp3) is 0.160. The van der Waals surface area contributed by atoms with E-state index in [1.807, 2.05) is 18.2 Å². The zero-order valence-corrected chi connectivity index (χ0v) is 19.2. The van der Waals surface area contributed by atoms with E-state index < -0.39 is 4.92 Å². The lowest BCUT2D eigenvalue weighted by Crippen LogP contribution is -2.06. The molecule has 34 heavy (non-hydrogen) atoms. The molecule has 9 heteroatoms. The molecule has 4 aromatic heterocycles. The van der Waals surface area contributed by atoms with Crippen molar-refractivity contribution in [3.63, 3.8) is 0 Å². The summed E-state index contributed by atoms with van der Waals surface area (Å²) < 4.78 is 5.20. The lowest BCUT2D eigenvalue weighted by atomic mass is 10.0. The Morgan fingerprint density at radius 1 is 1.06 bits per heavy atom. The Kier molecular flexibility index (Phi) is 6.01. The van der Waals surface area contributed by atoms with Crippen LogP contribution in [0.4, 0.5) is 11.6 Å². The standard InChI is InChI=1S/C25H21N5O3S/c1-16-13-21-24(28-23(29-25(21)34-16)20-10-12-33-15-20)26-11-2-3-17-4-6-18(7-5-17)19-8-9-22(27-14-19)30(31)32/h4-10,12-15H,2-3,11H2,1H3,(H,26,28,29). The average Bonchev–Trinajstić information content (AvgIpc) is 3.51. The van der Waals surface area contributed by atoms with Crippen LogP contribution < -0.4 is 5.32 Å². The van der Waals surface area contributed by atoms with Crippen LogP contribution in [-0.2, 0) is 6.42 Å². The molecule has 0 unspecified atom stereocenters. The van der Waals surface area contributed by atoms with Crippen LogP contribution in [0.3, 0.4) is 0 Å². The lowest BCUT2D eigenvalue weighted by Gasteiger charge is -2.09. The van der Waals surface area contributed by atoms with Crippen molar-refractivity contribution in [2.24, 2.45) is 0 Å². The summed E-state index contributed by atoms with van der Waals surface area (Å²) in [5, 5.41) is 15.3. The maximum Gasteiger partial charge on any atom is 0.363 e. The monoisotopic (exact) mass is 471 g/mol. The first-order valence-corrected chi connectivity index (χ1v) is 11.6. The normalized spacial score (nSPS) is 11.1. The number of rotatable bonds is 8. The van der Waals surface area contributed by atoms with E-state index in [1.165, 1.54) is 22.7 Å². The number of anilines is 1. The first-order valence-electron chi connectivity index (χ1n) is 10.8. The maximum absolute atomic E-state index is 10.8. The van der Waals surface area contributed by atoms with Gasteiger partial charge in [0.25, 0.3) is 0 Å². The SMILES string of the molecule is Cc1cc2c(NCCCc3ccc(-c4ccc([N+](=O)[O-])nc4)cc3)nc(-c3ccoc3)nc2s1. The third kappa shape index (κ3) is 4.65. The smallest absolute Gasteiger partial charge is 0.363 e. The van der Waals surface area contributed by atoms with Crippen LogP contribution in [-0.4, -0.2) is 26.4 Å². The Morgan fingerprint density at radius 2 is 1.88 bits per heavy atom. The Hall–Kier alpha value is -4.11. The summed E-state index contributed by atoms with van der Waals surface area (Å²) in [4.78, 5) is 25.8. The predicted octanol–water partition coefficient (Wildman–Crippen LogP) is 6.27. The van der Waals surface area contributed by atoms with Gasteiger partial charge in [0.15, 0.2) is 5.82 Å². The van der Waals surface area contributed by atoms with Gasteiger partial charge in [-0.2, -0.15) is 0 Å². The highest BCUT2D eigenvalue weighted by Gasteiger charge is 2.13. The van der Waals surface area contributed by atoms with Gasteiger partial charge in [0.2, 0.25) is 0 Å².